The molecule has 2 aromatic rings. The molecule has 23 heavy (non-hydrogen) atoms. The molecule has 0 spiro atoms. The van der Waals surface area contributed by atoms with E-state index in [2.05, 4.69) is 52.5 Å². The minimum absolute atomic E-state index is 0.341. The van der Waals surface area contributed by atoms with Gasteiger partial charge >= 0.3 is 0 Å². The average molecular weight is 311 g/mol. The number of rotatable bonds is 6. The van der Waals surface area contributed by atoms with Crippen molar-refractivity contribution in [3.8, 4) is 0 Å². The molecule has 0 radical (unpaired) electrons. The Labute approximate surface area is 138 Å². The third-order valence-corrected chi connectivity index (χ3v) is 4.10. The summed E-state index contributed by atoms with van der Waals surface area (Å²) in [5, 5.41) is 3.48. The Kier molecular flexibility index (Phi) is 5.75. The van der Waals surface area contributed by atoms with Gasteiger partial charge in [0.1, 0.15) is 0 Å². The van der Waals surface area contributed by atoms with Gasteiger partial charge in [0, 0.05) is 45.1 Å². The summed E-state index contributed by atoms with van der Waals surface area (Å²) in [5.74, 6) is 0. The number of aromatic nitrogens is 1. The van der Waals surface area contributed by atoms with Crippen molar-refractivity contribution >= 4 is 0 Å². The van der Waals surface area contributed by atoms with Crippen molar-refractivity contribution in [3.63, 3.8) is 0 Å². The van der Waals surface area contributed by atoms with Crippen LogP contribution >= 0.6 is 0 Å². The van der Waals surface area contributed by atoms with Gasteiger partial charge in [-0.05, 0) is 29.7 Å². The Morgan fingerprint density at radius 2 is 2.00 bits per heavy atom. The lowest BCUT2D eigenvalue weighted by molar-refractivity contribution is -0.0212. The van der Waals surface area contributed by atoms with Gasteiger partial charge < -0.3 is 10.1 Å². The zero-order valence-corrected chi connectivity index (χ0v) is 13.7. The van der Waals surface area contributed by atoms with Crippen LogP contribution in [0.5, 0.6) is 0 Å². The maximum absolute atomic E-state index is 5.61. The molecule has 0 amide bonds. The molecule has 2 heterocycles. The van der Waals surface area contributed by atoms with Crippen LogP contribution in [0.1, 0.15) is 23.6 Å². The van der Waals surface area contributed by atoms with E-state index in [4.69, 9.17) is 4.74 Å². The monoisotopic (exact) mass is 311 g/mol. The number of nitrogens with one attached hydrogen (secondary N) is 1. The fourth-order valence-corrected chi connectivity index (χ4v) is 2.98. The number of ether oxygens (including phenoxy) is 1. The summed E-state index contributed by atoms with van der Waals surface area (Å²) in [6.07, 6.45) is 4.05. The maximum atomic E-state index is 5.61. The van der Waals surface area contributed by atoms with E-state index < -0.39 is 0 Å². The van der Waals surface area contributed by atoms with E-state index in [0.29, 0.717) is 6.10 Å². The van der Waals surface area contributed by atoms with Gasteiger partial charge in [-0.3, -0.25) is 9.88 Å². The molecule has 1 aliphatic rings. The molecule has 1 aromatic heterocycles. The van der Waals surface area contributed by atoms with Crippen molar-refractivity contribution in [1.82, 2.24) is 15.2 Å². The third kappa shape index (κ3) is 5.13. The van der Waals surface area contributed by atoms with Crippen molar-refractivity contribution in [3.05, 3.63) is 65.5 Å². The Bertz CT molecular complexity index is 603. The summed E-state index contributed by atoms with van der Waals surface area (Å²) in [4.78, 5) is 6.61. The predicted octanol–water partition coefficient (Wildman–Crippen LogP) is 2.59. The van der Waals surface area contributed by atoms with Gasteiger partial charge in [-0.15, -0.1) is 0 Å². The van der Waals surface area contributed by atoms with Gasteiger partial charge in [-0.25, -0.2) is 0 Å². The first-order chi connectivity index (χ1) is 11.3. The van der Waals surface area contributed by atoms with Crippen molar-refractivity contribution in [2.45, 2.75) is 32.7 Å². The SMILES string of the molecule is C[C@@H]1CN(Cc2cccc(CNCc3cccnc3)c2)CCO1. The summed E-state index contributed by atoms with van der Waals surface area (Å²) in [5.41, 5.74) is 3.92. The van der Waals surface area contributed by atoms with E-state index >= 15 is 0 Å². The van der Waals surface area contributed by atoms with Gasteiger partial charge in [0.2, 0.25) is 0 Å². The van der Waals surface area contributed by atoms with Crippen LogP contribution in [-0.2, 0) is 24.4 Å². The third-order valence-electron chi connectivity index (χ3n) is 4.10. The first kappa shape index (κ1) is 16.1. The lowest BCUT2D eigenvalue weighted by Gasteiger charge is -2.31. The zero-order chi connectivity index (χ0) is 15.9. The van der Waals surface area contributed by atoms with Crippen LogP contribution < -0.4 is 5.32 Å². The number of morpholine rings is 1. The number of hydrogen-bond donors (Lipinski definition) is 1. The Hall–Kier alpha value is -1.75. The standard InChI is InChI=1S/C19H25N3O/c1-16-14-22(8-9-23-16)15-18-5-2-4-17(10-18)11-21-13-19-6-3-7-20-12-19/h2-7,10,12,16,21H,8-9,11,13-15H2,1H3/t16-/m1/s1. The Morgan fingerprint density at radius 3 is 2.83 bits per heavy atom. The molecule has 0 bridgehead atoms. The van der Waals surface area contributed by atoms with Crippen LogP contribution in [0.15, 0.2) is 48.8 Å². The van der Waals surface area contributed by atoms with Crippen molar-refractivity contribution < 1.29 is 4.74 Å². The average Bonchev–Trinajstić information content (AvgIpc) is 2.56. The molecule has 1 aliphatic heterocycles. The van der Waals surface area contributed by atoms with Gasteiger partial charge in [-0.2, -0.15) is 0 Å². The second kappa shape index (κ2) is 8.20. The summed E-state index contributed by atoms with van der Waals surface area (Å²) in [6.45, 7) is 7.75. The molecule has 3 rings (SSSR count). The fourth-order valence-electron chi connectivity index (χ4n) is 2.98. The van der Waals surface area contributed by atoms with Crippen LogP contribution in [-0.4, -0.2) is 35.7 Å². The van der Waals surface area contributed by atoms with Crippen LogP contribution in [0, 0.1) is 0 Å². The molecule has 0 saturated carbocycles. The topological polar surface area (TPSA) is 37.4 Å². The number of hydrogen-bond acceptors (Lipinski definition) is 4. The second-order valence-electron chi connectivity index (χ2n) is 6.20. The molecular weight excluding hydrogens is 286 g/mol. The fraction of sp³-hybridized carbons (Fsp3) is 0.421. The van der Waals surface area contributed by atoms with Gasteiger partial charge in [-0.1, -0.05) is 30.3 Å². The lowest BCUT2D eigenvalue weighted by Crippen LogP contribution is -2.40. The van der Waals surface area contributed by atoms with Gasteiger partial charge in [0.05, 0.1) is 12.7 Å². The highest BCUT2D eigenvalue weighted by Crippen LogP contribution is 2.12. The second-order valence-corrected chi connectivity index (χ2v) is 6.20. The normalized spacial score (nSPS) is 18.9. The van der Waals surface area contributed by atoms with Crippen LogP contribution in [0.4, 0.5) is 0 Å². The first-order valence-corrected chi connectivity index (χ1v) is 8.31. The molecular formula is C19H25N3O. The largest absolute Gasteiger partial charge is 0.376 e. The highest BCUT2D eigenvalue weighted by atomic mass is 16.5. The Balaban J connectivity index is 1.50. The van der Waals surface area contributed by atoms with Gasteiger partial charge in [0.15, 0.2) is 0 Å². The highest BCUT2D eigenvalue weighted by molar-refractivity contribution is 5.23. The van der Waals surface area contributed by atoms with Crippen LogP contribution in [0.2, 0.25) is 0 Å². The predicted molar refractivity (Wildman–Crippen MR) is 91.9 cm³/mol. The van der Waals surface area contributed by atoms with Crippen molar-refractivity contribution in [2.24, 2.45) is 0 Å². The minimum Gasteiger partial charge on any atom is -0.376 e. The maximum Gasteiger partial charge on any atom is 0.0674 e. The van der Waals surface area contributed by atoms with E-state index in [1.807, 2.05) is 12.3 Å². The molecule has 4 nitrogen and oxygen atoms in total. The summed E-state index contributed by atoms with van der Waals surface area (Å²) < 4.78 is 5.61. The van der Waals surface area contributed by atoms with E-state index in [0.717, 1.165) is 39.3 Å². The van der Waals surface area contributed by atoms with E-state index in [-0.39, 0.29) is 0 Å². The lowest BCUT2D eigenvalue weighted by atomic mass is 10.1. The summed E-state index contributed by atoms with van der Waals surface area (Å²) >= 11 is 0. The number of pyridine rings is 1. The van der Waals surface area contributed by atoms with Gasteiger partial charge in [0.25, 0.3) is 0 Å². The highest BCUT2D eigenvalue weighted by Gasteiger charge is 2.16. The smallest absolute Gasteiger partial charge is 0.0674 e. The van der Waals surface area contributed by atoms with Crippen LogP contribution in [0.25, 0.3) is 0 Å². The molecule has 122 valence electrons. The molecule has 0 aliphatic carbocycles. The van der Waals surface area contributed by atoms with Crippen molar-refractivity contribution in [1.29, 1.82) is 0 Å². The summed E-state index contributed by atoms with van der Waals surface area (Å²) in [6, 6.07) is 12.9. The minimum atomic E-state index is 0.341. The molecule has 1 N–H and O–H groups in total. The van der Waals surface area contributed by atoms with Crippen molar-refractivity contribution in [2.75, 3.05) is 19.7 Å². The zero-order valence-electron chi connectivity index (χ0n) is 13.7. The first-order valence-electron chi connectivity index (χ1n) is 8.31. The van der Waals surface area contributed by atoms with E-state index in [1.54, 1.807) is 6.20 Å². The molecule has 1 saturated heterocycles. The molecule has 1 aromatic carbocycles. The van der Waals surface area contributed by atoms with E-state index in [1.165, 1.54) is 16.7 Å². The molecule has 0 unspecified atom stereocenters. The van der Waals surface area contributed by atoms with E-state index in [9.17, 15) is 0 Å². The Morgan fingerprint density at radius 1 is 1.17 bits per heavy atom. The molecule has 1 atom stereocenters. The summed E-state index contributed by atoms with van der Waals surface area (Å²) in [7, 11) is 0. The van der Waals surface area contributed by atoms with Crippen LogP contribution in [0.3, 0.4) is 0 Å². The quantitative estimate of drug-likeness (QED) is 0.890. The molecule has 4 heteroatoms. The molecule has 1 fully saturated rings. The number of nitrogens with zero attached hydrogens (tertiary/aromatic N) is 2. The number of benzene rings is 1.